The fourth-order valence-electron chi connectivity index (χ4n) is 9.54. The number of aromatic hydroxyl groups is 2. The first-order valence-electron chi connectivity index (χ1n) is 24.4. The zero-order valence-electron chi connectivity index (χ0n) is 41.7. The highest BCUT2D eigenvalue weighted by molar-refractivity contribution is 6.04. The molecule has 21 nitrogen and oxygen atoms in total. The highest BCUT2D eigenvalue weighted by Crippen LogP contribution is 2.41. The van der Waals surface area contributed by atoms with Gasteiger partial charge >= 0.3 is 0 Å². The van der Waals surface area contributed by atoms with Gasteiger partial charge in [0.1, 0.15) is 29.6 Å². The van der Waals surface area contributed by atoms with Gasteiger partial charge in [-0.1, -0.05) is 26.8 Å². The van der Waals surface area contributed by atoms with E-state index in [-0.39, 0.29) is 42.5 Å². The van der Waals surface area contributed by atoms with Crippen molar-refractivity contribution in [3.8, 4) is 11.5 Å². The average molecular weight is 1050 g/mol. The van der Waals surface area contributed by atoms with Crippen LogP contribution in [0.15, 0.2) is 54.3 Å². The zero-order valence-corrected chi connectivity index (χ0v) is 41.7. The Morgan fingerprint density at radius 1 is 0.840 bits per heavy atom. The number of carbonyl (C=O) groups excluding carboxylic acids is 7. The molecule has 25 heteroatoms. The number of carbonyl (C=O) groups is 7. The molecule has 0 bridgehead atoms. The Balaban J connectivity index is 1.16. The molecule has 1 aliphatic heterocycles. The zero-order chi connectivity index (χ0) is 55.0. The van der Waals surface area contributed by atoms with Crippen molar-refractivity contribution in [3.63, 3.8) is 0 Å². The summed E-state index contributed by atoms with van der Waals surface area (Å²) in [4.78, 5) is 111. The molecule has 4 heterocycles. The summed E-state index contributed by atoms with van der Waals surface area (Å²) in [6.45, 7) is 9.59. The summed E-state index contributed by atoms with van der Waals surface area (Å²) < 4.78 is 58.0. The Bertz CT molecular complexity index is 2710. The van der Waals surface area contributed by atoms with Crippen LogP contribution in [-0.2, 0) is 30.4 Å². The van der Waals surface area contributed by atoms with Crippen LogP contribution in [0.5, 0.6) is 11.5 Å². The summed E-state index contributed by atoms with van der Waals surface area (Å²) in [6.07, 6.45) is 3.84. The van der Waals surface area contributed by atoms with Crippen LogP contribution in [0.4, 0.5) is 17.6 Å². The van der Waals surface area contributed by atoms with Gasteiger partial charge in [0.25, 0.3) is 17.8 Å². The van der Waals surface area contributed by atoms with E-state index in [1.165, 1.54) is 57.6 Å². The number of nitrogens with one attached hydrogen (secondary N) is 7. The molecule has 0 radical (unpaired) electrons. The number of halogens is 4. The van der Waals surface area contributed by atoms with E-state index in [1.54, 1.807) is 13.8 Å². The van der Waals surface area contributed by atoms with Gasteiger partial charge in [-0.25, -0.2) is 14.4 Å². The smallest absolute Gasteiger partial charge is 0.274 e. The molecule has 0 spiro atoms. The largest absolute Gasteiger partial charge is 0.505 e. The van der Waals surface area contributed by atoms with Gasteiger partial charge in [-0.15, -0.1) is 0 Å². The Morgan fingerprint density at radius 3 is 2.04 bits per heavy atom. The lowest BCUT2D eigenvalue weighted by Gasteiger charge is -2.42. The molecule has 6 rings (SSSR count). The highest BCUT2D eigenvalue weighted by Gasteiger charge is 2.45. The standard InChI is InChI=1S/C50H61F4N11O10/c1-7-29(55-6)35(61-49(74)39-31(66)13-9-15-56-39)23(4)58-47(72)37(26-11-8-12-26)63-44(69)21(2)17-25-18-27(19-25)38-48(73)59-24(5)36(62-50(75)40-32(67)14-10-16-57-40)46(71)60-30(41(68)22(3)45(70)64-38)20-28-33(51)34(52)43(54)65-42(28)53/h7,9-10,13-16,21-27,30,35-38,41,66-68H,1,8,11-12,17-20H2,2-6H3,(H,58,72)(H,59,73)(H,60,71)(H,61,74)(H,62,75)(H,63,69)(H,64,70). The van der Waals surface area contributed by atoms with Crippen molar-refractivity contribution in [2.45, 2.75) is 121 Å². The van der Waals surface area contributed by atoms with Gasteiger partial charge < -0.3 is 52.5 Å². The molecule has 75 heavy (non-hydrogen) atoms. The summed E-state index contributed by atoms with van der Waals surface area (Å²) in [6, 6.07) is -3.73. The van der Waals surface area contributed by atoms with E-state index in [9.17, 15) is 62.1 Å². The van der Waals surface area contributed by atoms with Crippen LogP contribution in [0.25, 0.3) is 0 Å². The second-order valence-electron chi connectivity index (χ2n) is 19.4. The minimum Gasteiger partial charge on any atom is -0.505 e. The van der Waals surface area contributed by atoms with Gasteiger partial charge in [0.05, 0.1) is 41.9 Å². The van der Waals surface area contributed by atoms with Crippen molar-refractivity contribution >= 4 is 47.1 Å². The SMILES string of the molecule is C=CC(=NC)C(NC(=O)c1ncccc1O)C(C)NC(=O)C(NC(=O)C(C)CC1CC(C2NC(=O)C(C)C(O)C(Cc3c(F)nc(F)c(F)c3F)NC(=O)C(NC(=O)c3ncccc3O)C(C)NC2=O)C1)C1CCC1. The summed E-state index contributed by atoms with van der Waals surface area (Å²) in [5.74, 6) is -17.8. The highest BCUT2D eigenvalue weighted by atomic mass is 19.2. The van der Waals surface area contributed by atoms with Crippen molar-refractivity contribution in [3.05, 3.63) is 89.8 Å². The van der Waals surface area contributed by atoms with E-state index in [2.05, 4.69) is 63.7 Å². The van der Waals surface area contributed by atoms with E-state index >= 15 is 4.39 Å². The summed E-state index contributed by atoms with van der Waals surface area (Å²) in [5.41, 5.74) is -1.63. The lowest BCUT2D eigenvalue weighted by molar-refractivity contribution is -0.138. The normalized spacial score (nSPS) is 25.1. The molecule has 2 saturated carbocycles. The molecule has 10 N–H and O–H groups in total. The monoisotopic (exact) mass is 1050 g/mol. The first-order valence-corrected chi connectivity index (χ1v) is 24.4. The van der Waals surface area contributed by atoms with Crippen molar-refractivity contribution in [1.82, 2.24) is 52.2 Å². The second-order valence-corrected chi connectivity index (χ2v) is 19.4. The van der Waals surface area contributed by atoms with Gasteiger partial charge in [0, 0.05) is 37.3 Å². The number of amides is 7. The Hall–Kier alpha value is -7.57. The first-order chi connectivity index (χ1) is 35.5. The third-order valence-electron chi connectivity index (χ3n) is 14.2. The van der Waals surface area contributed by atoms with E-state index in [0.717, 1.165) is 12.5 Å². The summed E-state index contributed by atoms with van der Waals surface area (Å²) in [5, 5.41) is 50.6. The number of aromatic nitrogens is 3. The van der Waals surface area contributed by atoms with E-state index in [0.29, 0.717) is 18.6 Å². The van der Waals surface area contributed by atoms with Gasteiger partial charge in [-0.3, -0.25) is 38.6 Å². The second kappa shape index (κ2) is 24.6. The Labute approximate surface area is 428 Å². The molecule has 0 aromatic carbocycles. The maximum Gasteiger partial charge on any atom is 0.274 e. The van der Waals surface area contributed by atoms with Crippen molar-refractivity contribution in [2.24, 2.45) is 34.6 Å². The lowest BCUT2D eigenvalue weighted by Crippen LogP contribution is -2.65. The average Bonchev–Trinajstić information content (AvgIpc) is 3.34. The molecule has 404 valence electrons. The molecule has 7 amide bonds. The van der Waals surface area contributed by atoms with Crippen molar-refractivity contribution in [1.29, 1.82) is 0 Å². The van der Waals surface area contributed by atoms with Crippen LogP contribution in [0.2, 0.25) is 0 Å². The number of aliphatic hydroxyl groups excluding tert-OH is 1. The van der Waals surface area contributed by atoms with Gasteiger partial charge in [-0.2, -0.15) is 18.2 Å². The van der Waals surface area contributed by atoms with Crippen LogP contribution < -0.4 is 37.2 Å². The van der Waals surface area contributed by atoms with Gasteiger partial charge in [-0.05, 0) is 94.0 Å². The number of pyridine rings is 3. The maximum absolute atomic E-state index is 15.0. The molecule has 3 aliphatic rings. The van der Waals surface area contributed by atoms with E-state index in [4.69, 9.17) is 0 Å². The number of rotatable bonds is 17. The number of aliphatic hydroxyl groups is 1. The molecule has 2 aliphatic carbocycles. The molecular formula is C50H61F4N11O10. The fourth-order valence-corrected chi connectivity index (χ4v) is 9.54. The number of nitrogens with zero attached hydrogens (tertiary/aromatic N) is 4. The molecule has 10 atom stereocenters. The third kappa shape index (κ3) is 13.2. The topological polar surface area (TPSA) is 315 Å². The Morgan fingerprint density at radius 2 is 1.47 bits per heavy atom. The maximum atomic E-state index is 15.0. The predicted octanol–water partition coefficient (Wildman–Crippen LogP) is 1.56. The van der Waals surface area contributed by atoms with E-state index in [1.807, 2.05) is 0 Å². The molecule has 10 unspecified atom stereocenters. The number of hydrogen-bond donors (Lipinski definition) is 10. The first kappa shape index (κ1) is 56.7. The van der Waals surface area contributed by atoms with Crippen LogP contribution in [-0.4, -0.2) is 133 Å². The quantitative estimate of drug-likeness (QED) is 0.0522. The minimum atomic E-state index is -2.14. The van der Waals surface area contributed by atoms with Gasteiger partial charge in [0.2, 0.25) is 41.3 Å². The number of hydrogen-bond acceptors (Lipinski definition) is 14. The summed E-state index contributed by atoms with van der Waals surface area (Å²) in [7, 11) is 1.48. The van der Waals surface area contributed by atoms with Crippen LogP contribution in [0.3, 0.4) is 0 Å². The van der Waals surface area contributed by atoms with Crippen LogP contribution in [0, 0.1) is 53.1 Å². The fraction of sp³-hybridized carbons (Fsp3) is 0.500. The van der Waals surface area contributed by atoms with Crippen molar-refractivity contribution in [2.75, 3.05) is 7.05 Å². The van der Waals surface area contributed by atoms with Crippen LogP contribution in [0.1, 0.15) is 92.8 Å². The molecule has 3 aromatic heterocycles. The van der Waals surface area contributed by atoms with Crippen LogP contribution >= 0.6 is 0 Å². The summed E-state index contributed by atoms with van der Waals surface area (Å²) >= 11 is 0. The minimum absolute atomic E-state index is 0.186. The van der Waals surface area contributed by atoms with Gasteiger partial charge in [0.15, 0.2) is 17.2 Å². The Kier molecular flexibility index (Phi) is 18.6. The molecular weight excluding hydrogens is 991 g/mol. The molecule has 1 saturated heterocycles. The predicted molar refractivity (Wildman–Crippen MR) is 259 cm³/mol. The van der Waals surface area contributed by atoms with Crippen molar-refractivity contribution < 1.29 is 66.4 Å². The third-order valence-corrected chi connectivity index (χ3v) is 14.2. The van der Waals surface area contributed by atoms with E-state index < -0.39 is 154 Å². The molecule has 3 aromatic rings. The molecule has 3 fully saturated rings. The lowest BCUT2D eigenvalue weighted by atomic mass is 9.67. The number of aliphatic imine (C=N–C) groups is 1.